The normalized spacial score (nSPS) is 11.9. The van der Waals surface area contributed by atoms with Crippen LogP contribution in [0.4, 0.5) is 0 Å². The molecule has 0 saturated carbocycles. The van der Waals surface area contributed by atoms with E-state index in [1.54, 1.807) is 7.11 Å². The minimum Gasteiger partial charge on any atom is -0.383 e. The highest BCUT2D eigenvalue weighted by molar-refractivity contribution is 7.99. The lowest BCUT2D eigenvalue weighted by Crippen LogP contribution is -2.28. The fourth-order valence-electron chi connectivity index (χ4n) is 2.98. The van der Waals surface area contributed by atoms with Crippen molar-refractivity contribution in [3.05, 3.63) is 77.6 Å². The Hall–Kier alpha value is -2.64. The van der Waals surface area contributed by atoms with Crippen LogP contribution in [0.25, 0.3) is 0 Å². The number of hydrogen-bond acceptors (Lipinski definition) is 5. The number of methoxy groups -OCH3 is 1. The number of aromatic nitrogens is 3. The smallest absolute Gasteiger partial charge is 0.230 e. The number of rotatable bonds is 10. The lowest BCUT2D eigenvalue weighted by molar-refractivity contribution is -0.119. The Morgan fingerprint density at radius 1 is 1.10 bits per heavy atom. The minimum absolute atomic E-state index is 0.0303. The summed E-state index contributed by atoms with van der Waals surface area (Å²) in [4.78, 5) is 12.4. The van der Waals surface area contributed by atoms with Gasteiger partial charge >= 0.3 is 0 Å². The van der Waals surface area contributed by atoms with Gasteiger partial charge in [-0.05, 0) is 18.1 Å². The van der Waals surface area contributed by atoms with Gasteiger partial charge in [0.15, 0.2) is 5.16 Å². The summed E-state index contributed by atoms with van der Waals surface area (Å²) < 4.78 is 7.27. The monoisotopic (exact) mass is 410 g/mol. The van der Waals surface area contributed by atoms with Gasteiger partial charge in [-0.25, -0.2) is 0 Å². The van der Waals surface area contributed by atoms with E-state index < -0.39 is 0 Å². The van der Waals surface area contributed by atoms with E-state index in [1.165, 1.54) is 17.3 Å². The van der Waals surface area contributed by atoms with Crippen LogP contribution in [0.15, 0.2) is 65.8 Å². The van der Waals surface area contributed by atoms with E-state index in [-0.39, 0.29) is 17.7 Å². The molecule has 1 heterocycles. The van der Waals surface area contributed by atoms with Crippen molar-refractivity contribution in [1.82, 2.24) is 20.1 Å². The van der Waals surface area contributed by atoms with E-state index in [0.29, 0.717) is 19.6 Å². The maximum Gasteiger partial charge on any atom is 0.230 e. The summed E-state index contributed by atoms with van der Waals surface area (Å²) >= 11 is 1.40. The number of ether oxygens (including phenoxy) is 1. The standard InChI is InChI=1S/C22H26N4O2S/c1-17(19-11-7-4-8-12-19)23-21(27)16-29-22-25-24-20(26(22)13-14-28-2)15-18-9-5-3-6-10-18/h3-12,17H,13-16H2,1-2H3,(H,23,27)/t17-/m0/s1. The first-order valence-corrected chi connectivity index (χ1v) is 10.6. The van der Waals surface area contributed by atoms with Crippen LogP contribution >= 0.6 is 11.8 Å². The van der Waals surface area contributed by atoms with Crippen LogP contribution in [-0.4, -0.2) is 40.1 Å². The van der Waals surface area contributed by atoms with Crippen LogP contribution < -0.4 is 5.32 Å². The summed E-state index contributed by atoms with van der Waals surface area (Å²) in [5, 5.41) is 12.4. The van der Waals surface area contributed by atoms with Crippen LogP contribution in [0.5, 0.6) is 0 Å². The summed E-state index contributed by atoms with van der Waals surface area (Å²) in [6.07, 6.45) is 0.690. The molecular weight excluding hydrogens is 384 g/mol. The number of hydrogen-bond donors (Lipinski definition) is 1. The Kier molecular flexibility index (Phi) is 7.84. The Labute approximate surface area is 175 Å². The van der Waals surface area contributed by atoms with Gasteiger partial charge in [-0.15, -0.1) is 10.2 Å². The Morgan fingerprint density at radius 3 is 2.48 bits per heavy atom. The summed E-state index contributed by atoms with van der Waals surface area (Å²) in [6, 6.07) is 20.1. The molecule has 1 amide bonds. The average Bonchev–Trinajstić information content (AvgIpc) is 3.13. The van der Waals surface area contributed by atoms with Gasteiger partial charge in [0.25, 0.3) is 0 Å². The van der Waals surface area contributed by atoms with Gasteiger partial charge in [0.2, 0.25) is 5.91 Å². The third-order valence-electron chi connectivity index (χ3n) is 4.53. The van der Waals surface area contributed by atoms with Gasteiger partial charge in [-0.1, -0.05) is 72.4 Å². The highest BCUT2D eigenvalue weighted by Crippen LogP contribution is 2.19. The molecule has 1 aromatic heterocycles. The predicted molar refractivity (Wildman–Crippen MR) is 115 cm³/mol. The molecule has 0 unspecified atom stereocenters. The average molecular weight is 411 g/mol. The zero-order valence-corrected chi connectivity index (χ0v) is 17.6. The van der Waals surface area contributed by atoms with Crippen molar-refractivity contribution in [1.29, 1.82) is 0 Å². The van der Waals surface area contributed by atoms with Crippen molar-refractivity contribution in [2.45, 2.75) is 31.1 Å². The maximum atomic E-state index is 12.4. The molecule has 0 spiro atoms. The van der Waals surface area contributed by atoms with E-state index in [4.69, 9.17) is 4.74 Å². The van der Waals surface area contributed by atoms with Crippen LogP contribution in [0.1, 0.15) is 29.9 Å². The highest BCUT2D eigenvalue weighted by Gasteiger charge is 2.16. The number of nitrogens with one attached hydrogen (secondary N) is 1. The Bertz CT molecular complexity index is 900. The van der Waals surface area contributed by atoms with Crippen molar-refractivity contribution in [2.75, 3.05) is 19.5 Å². The van der Waals surface area contributed by atoms with Crippen LogP contribution in [-0.2, 0) is 22.5 Å². The van der Waals surface area contributed by atoms with Gasteiger partial charge in [0, 0.05) is 20.1 Å². The lowest BCUT2D eigenvalue weighted by atomic mass is 10.1. The second kappa shape index (κ2) is 10.8. The number of carbonyl (C=O) groups is 1. The number of nitrogens with zero attached hydrogens (tertiary/aromatic N) is 3. The summed E-state index contributed by atoms with van der Waals surface area (Å²) in [5.74, 6) is 1.12. The van der Waals surface area contributed by atoms with E-state index in [2.05, 4.69) is 27.6 Å². The van der Waals surface area contributed by atoms with Crippen molar-refractivity contribution in [3.8, 4) is 0 Å². The lowest BCUT2D eigenvalue weighted by Gasteiger charge is -2.14. The first-order chi connectivity index (χ1) is 14.2. The van der Waals surface area contributed by atoms with Gasteiger partial charge in [-0.2, -0.15) is 0 Å². The number of amides is 1. The van der Waals surface area contributed by atoms with E-state index in [9.17, 15) is 4.79 Å². The molecule has 3 rings (SSSR count). The molecule has 7 heteroatoms. The number of benzene rings is 2. The molecule has 0 radical (unpaired) electrons. The van der Waals surface area contributed by atoms with Gasteiger partial charge in [0.05, 0.1) is 18.4 Å². The van der Waals surface area contributed by atoms with Crippen molar-refractivity contribution in [2.24, 2.45) is 0 Å². The molecule has 0 saturated heterocycles. The summed E-state index contributed by atoms with van der Waals surface area (Å²) in [7, 11) is 1.67. The minimum atomic E-state index is -0.0377. The highest BCUT2D eigenvalue weighted by atomic mass is 32.2. The molecule has 0 fully saturated rings. The maximum absolute atomic E-state index is 12.4. The third-order valence-corrected chi connectivity index (χ3v) is 5.49. The second-order valence-corrected chi connectivity index (χ2v) is 7.64. The third kappa shape index (κ3) is 6.17. The first kappa shape index (κ1) is 21.1. The van der Waals surface area contributed by atoms with Crippen molar-refractivity contribution < 1.29 is 9.53 Å². The molecule has 0 aliphatic rings. The fourth-order valence-corrected chi connectivity index (χ4v) is 3.78. The molecule has 152 valence electrons. The summed E-state index contributed by atoms with van der Waals surface area (Å²) in [5.41, 5.74) is 2.25. The quantitative estimate of drug-likeness (QED) is 0.518. The Balaban J connectivity index is 1.62. The van der Waals surface area contributed by atoms with E-state index in [0.717, 1.165) is 16.5 Å². The molecule has 1 atom stereocenters. The zero-order valence-electron chi connectivity index (χ0n) is 16.7. The molecule has 0 aliphatic heterocycles. The number of thioether (sulfide) groups is 1. The van der Waals surface area contributed by atoms with Crippen LogP contribution in [0, 0.1) is 0 Å². The predicted octanol–water partition coefficient (Wildman–Crippen LogP) is 3.48. The van der Waals surface area contributed by atoms with Crippen molar-refractivity contribution >= 4 is 17.7 Å². The largest absolute Gasteiger partial charge is 0.383 e. The number of carbonyl (C=O) groups excluding carboxylic acids is 1. The van der Waals surface area contributed by atoms with E-state index in [1.807, 2.05) is 60.0 Å². The molecule has 2 aromatic carbocycles. The van der Waals surface area contributed by atoms with Gasteiger partial charge < -0.3 is 14.6 Å². The van der Waals surface area contributed by atoms with Crippen LogP contribution in [0.2, 0.25) is 0 Å². The second-order valence-electron chi connectivity index (χ2n) is 6.69. The fraction of sp³-hybridized carbons (Fsp3) is 0.318. The van der Waals surface area contributed by atoms with Crippen molar-refractivity contribution in [3.63, 3.8) is 0 Å². The molecular formula is C22H26N4O2S. The SMILES string of the molecule is COCCn1c(Cc2ccccc2)nnc1SCC(=O)N[C@@H](C)c1ccccc1. The molecule has 1 N–H and O–H groups in total. The topological polar surface area (TPSA) is 69.0 Å². The summed E-state index contributed by atoms with van der Waals surface area (Å²) in [6.45, 7) is 3.19. The first-order valence-electron chi connectivity index (χ1n) is 9.59. The molecule has 29 heavy (non-hydrogen) atoms. The molecule has 6 nitrogen and oxygen atoms in total. The molecule has 3 aromatic rings. The molecule has 0 aliphatic carbocycles. The van der Waals surface area contributed by atoms with Crippen LogP contribution in [0.3, 0.4) is 0 Å². The Morgan fingerprint density at radius 2 is 1.79 bits per heavy atom. The zero-order chi connectivity index (χ0) is 20.5. The van der Waals surface area contributed by atoms with Gasteiger partial charge in [0.1, 0.15) is 5.82 Å². The van der Waals surface area contributed by atoms with Gasteiger partial charge in [-0.3, -0.25) is 4.79 Å². The molecule has 0 bridgehead atoms. The van der Waals surface area contributed by atoms with E-state index >= 15 is 0 Å².